The summed E-state index contributed by atoms with van der Waals surface area (Å²) in [6.45, 7) is 3.24. The summed E-state index contributed by atoms with van der Waals surface area (Å²) in [5.41, 5.74) is 1.12. The van der Waals surface area contributed by atoms with Gasteiger partial charge in [0.2, 0.25) is 0 Å². The number of thiazole rings is 1. The van der Waals surface area contributed by atoms with Gasteiger partial charge in [0.15, 0.2) is 0 Å². The van der Waals surface area contributed by atoms with Crippen molar-refractivity contribution in [2.24, 2.45) is 11.8 Å². The van der Waals surface area contributed by atoms with Gasteiger partial charge in [-0.2, -0.15) is 0 Å². The fourth-order valence-electron chi connectivity index (χ4n) is 3.09. The van der Waals surface area contributed by atoms with E-state index in [1.807, 2.05) is 22.8 Å². The van der Waals surface area contributed by atoms with Crippen molar-refractivity contribution in [3.63, 3.8) is 0 Å². The lowest BCUT2D eigenvalue weighted by Gasteiger charge is -2.28. The highest BCUT2D eigenvalue weighted by Gasteiger charge is 2.22. The molecule has 1 fully saturated rings. The number of nitrogens with zero attached hydrogens (tertiary/aromatic N) is 1. The highest BCUT2D eigenvalue weighted by molar-refractivity contribution is 7.16. The molecule has 2 atom stereocenters. The van der Waals surface area contributed by atoms with Crippen molar-refractivity contribution in [1.82, 2.24) is 4.57 Å². The van der Waals surface area contributed by atoms with Crippen LogP contribution in [0.2, 0.25) is 0 Å². The molecule has 1 aliphatic rings. The van der Waals surface area contributed by atoms with Gasteiger partial charge in [0.25, 0.3) is 0 Å². The first-order valence-corrected chi connectivity index (χ1v) is 7.66. The Labute approximate surface area is 111 Å². The monoisotopic (exact) mass is 261 g/mol. The average molecular weight is 261 g/mol. The predicted molar refractivity (Wildman–Crippen MR) is 77.2 cm³/mol. The van der Waals surface area contributed by atoms with Gasteiger partial charge in [-0.05, 0) is 30.4 Å². The maximum atomic E-state index is 12.1. The Hall–Kier alpha value is -1.09. The summed E-state index contributed by atoms with van der Waals surface area (Å²) in [7, 11) is 0. The molecule has 2 aromatic rings. The van der Waals surface area contributed by atoms with Crippen LogP contribution in [0.5, 0.6) is 0 Å². The number of benzene rings is 1. The van der Waals surface area contributed by atoms with Crippen molar-refractivity contribution in [1.29, 1.82) is 0 Å². The first-order valence-electron chi connectivity index (χ1n) is 6.84. The van der Waals surface area contributed by atoms with E-state index in [0.29, 0.717) is 5.92 Å². The van der Waals surface area contributed by atoms with Crippen molar-refractivity contribution in [3.8, 4) is 0 Å². The normalized spacial score (nSPS) is 24.5. The second-order valence-electron chi connectivity index (χ2n) is 5.47. The lowest BCUT2D eigenvalue weighted by molar-refractivity contribution is 0.229. The fraction of sp³-hybridized carbons (Fsp3) is 0.533. The fourth-order valence-corrected chi connectivity index (χ4v) is 3.99. The highest BCUT2D eigenvalue weighted by Crippen LogP contribution is 2.31. The molecule has 1 aromatic carbocycles. The van der Waals surface area contributed by atoms with Crippen LogP contribution >= 0.6 is 11.3 Å². The quantitative estimate of drug-likeness (QED) is 0.804. The summed E-state index contributed by atoms with van der Waals surface area (Å²) in [6, 6.07) is 8.14. The Morgan fingerprint density at radius 3 is 2.89 bits per heavy atom. The highest BCUT2D eigenvalue weighted by atomic mass is 32.1. The van der Waals surface area contributed by atoms with Crippen LogP contribution in [0.25, 0.3) is 10.2 Å². The molecular formula is C15H19NOS. The van der Waals surface area contributed by atoms with Gasteiger partial charge in [-0.1, -0.05) is 49.7 Å². The van der Waals surface area contributed by atoms with E-state index in [4.69, 9.17) is 0 Å². The van der Waals surface area contributed by atoms with Gasteiger partial charge in [0, 0.05) is 6.54 Å². The Morgan fingerprint density at radius 1 is 1.28 bits per heavy atom. The molecule has 1 saturated carbocycles. The molecule has 2 nitrogen and oxygen atoms in total. The van der Waals surface area contributed by atoms with Crippen LogP contribution in [-0.4, -0.2) is 4.57 Å². The van der Waals surface area contributed by atoms with Crippen molar-refractivity contribution in [2.75, 3.05) is 0 Å². The van der Waals surface area contributed by atoms with Crippen molar-refractivity contribution in [3.05, 3.63) is 33.9 Å². The van der Waals surface area contributed by atoms with Crippen LogP contribution in [0, 0.1) is 11.8 Å². The molecule has 3 heteroatoms. The van der Waals surface area contributed by atoms with E-state index in [2.05, 4.69) is 13.0 Å². The lowest BCUT2D eigenvalue weighted by Crippen LogP contribution is -2.25. The van der Waals surface area contributed by atoms with Crippen molar-refractivity contribution >= 4 is 21.6 Å². The van der Waals surface area contributed by atoms with Gasteiger partial charge in [-0.3, -0.25) is 9.36 Å². The molecule has 1 aliphatic carbocycles. The molecule has 1 aromatic heterocycles. The van der Waals surface area contributed by atoms with Crippen molar-refractivity contribution in [2.45, 2.75) is 39.2 Å². The zero-order valence-corrected chi connectivity index (χ0v) is 11.6. The number of hydrogen-bond acceptors (Lipinski definition) is 2. The minimum absolute atomic E-state index is 0.203. The molecule has 0 bridgehead atoms. The molecule has 0 unspecified atom stereocenters. The van der Waals surface area contributed by atoms with E-state index in [1.54, 1.807) is 0 Å². The Kier molecular flexibility index (Phi) is 3.25. The van der Waals surface area contributed by atoms with Crippen LogP contribution < -0.4 is 4.87 Å². The first kappa shape index (κ1) is 12.0. The predicted octanol–water partition coefficient (Wildman–Crippen LogP) is 3.89. The van der Waals surface area contributed by atoms with E-state index in [1.165, 1.54) is 37.0 Å². The SMILES string of the molecule is C[C@@H]1CCCC[C@H]1Cn1c(=O)sc2ccccc21. The third-order valence-electron chi connectivity index (χ3n) is 4.28. The number of fused-ring (bicyclic) bond motifs is 1. The summed E-state index contributed by atoms with van der Waals surface area (Å²) in [4.78, 5) is 12.3. The van der Waals surface area contributed by atoms with E-state index in [-0.39, 0.29) is 4.87 Å². The molecule has 3 rings (SSSR count). The standard InChI is InChI=1S/C15H19NOS/c1-11-6-2-3-7-12(11)10-16-13-8-4-5-9-14(13)18-15(16)17/h4-5,8-9,11-12H,2-3,6-7,10H2,1H3/t11-,12+/m1/s1. The first-order chi connectivity index (χ1) is 8.75. The van der Waals surface area contributed by atoms with Gasteiger partial charge in [0.1, 0.15) is 0 Å². The summed E-state index contributed by atoms with van der Waals surface area (Å²) < 4.78 is 3.11. The van der Waals surface area contributed by atoms with Crippen LogP contribution in [0.1, 0.15) is 32.6 Å². The Morgan fingerprint density at radius 2 is 2.06 bits per heavy atom. The third-order valence-corrected chi connectivity index (χ3v) is 5.24. The molecular weight excluding hydrogens is 242 g/mol. The van der Waals surface area contributed by atoms with Gasteiger partial charge >= 0.3 is 4.87 Å². The molecule has 0 aliphatic heterocycles. The van der Waals surface area contributed by atoms with Gasteiger partial charge in [-0.15, -0.1) is 0 Å². The molecule has 0 amide bonds. The molecule has 18 heavy (non-hydrogen) atoms. The number of hydrogen-bond donors (Lipinski definition) is 0. The minimum Gasteiger partial charge on any atom is -0.298 e. The number of aromatic nitrogens is 1. The van der Waals surface area contributed by atoms with E-state index < -0.39 is 0 Å². The van der Waals surface area contributed by atoms with Gasteiger partial charge < -0.3 is 0 Å². The maximum absolute atomic E-state index is 12.1. The molecule has 1 heterocycles. The summed E-state index contributed by atoms with van der Waals surface area (Å²) >= 11 is 1.38. The second kappa shape index (κ2) is 4.88. The summed E-state index contributed by atoms with van der Waals surface area (Å²) in [6.07, 6.45) is 5.28. The van der Waals surface area contributed by atoms with Gasteiger partial charge in [0.05, 0.1) is 10.2 Å². The second-order valence-corrected chi connectivity index (χ2v) is 6.46. The third kappa shape index (κ3) is 2.12. The van der Waals surface area contributed by atoms with Crippen LogP contribution in [0.3, 0.4) is 0 Å². The van der Waals surface area contributed by atoms with E-state index >= 15 is 0 Å². The minimum atomic E-state index is 0.203. The Balaban J connectivity index is 1.94. The molecule has 0 N–H and O–H groups in total. The number of para-hydroxylation sites is 1. The van der Waals surface area contributed by atoms with E-state index in [9.17, 15) is 4.79 Å². The molecule has 0 radical (unpaired) electrons. The van der Waals surface area contributed by atoms with Crippen LogP contribution in [-0.2, 0) is 6.54 Å². The molecule has 96 valence electrons. The maximum Gasteiger partial charge on any atom is 0.308 e. The van der Waals surface area contributed by atoms with Crippen LogP contribution in [0.4, 0.5) is 0 Å². The summed E-state index contributed by atoms with van der Waals surface area (Å²) in [5, 5.41) is 0. The zero-order valence-electron chi connectivity index (χ0n) is 10.8. The van der Waals surface area contributed by atoms with Crippen LogP contribution in [0.15, 0.2) is 29.1 Å². The topological polar surface area (TPSA) is 22.0 Å². The molecule has 0 saturated heterocycles. The molecule has 0 spiro atoms. The Bertz CT molecular complexity index is 598. The van der Waals surface area contributed by atoms with Gasteiger partial charge in [-0.25, -0.2) is 0 Å². The van der Waals surface area contributed by atoms with Crippen molar-refractivity contribution < 1.29 is 0 Å². The zero-order chi connectivity index (χ0) is 12.5. The largest absolute Gasteiger partial charge is 0.308 e. The lowest BCUT2D eigenvalue weighted by atomic mass is 9.80. The summed E-state index contributed by atoms with van der Waals surface area (Å²) in [5.74, 6) is 1.43. The average Bonchev–Trinajstić information content (AvgIpc) is 2.69. The smallest absolute Gasteiger partial charge is 0.298 e. The number of rotatable bonds is 2. The van der Waals surface area contributed by atoms with E-state index in [0.717, 1.165) is 22.7 Å².